The summed E-state index contributed by atoms with van der Waals surface area (Å²) in [5.74, 6) is -0.440. The number of amides is 3. The Hall–Kier alpha value is -2.53. The molecule has 0 spiro atoms. The van der Waals surface area contributed by atoms with Crippen molar-refractivity contribution >= 4 is 41.2 Å². The average molecular weight is 455 g/mol. The number of hydrogen-bond donors (Lipinski definition) is 1. The van der Waals surface area contributed by atoms with Crippen molar-refractivity contribution < 1.29 is 28.3 Å². The summed E-state index contributed by atoms with van der Waals surface area (Å²) in [4.78, 5) is 45.6. The Morgan fingerprint density at radius 3 is 2.52 bits per heavy atom. The average Bonchev–Trinajstić information content (AvgIpc) is 3.08. The van der Waals surface area contributed by atoms with Gasteiger partial charge in [-0.1, -0.05) is 12.6 Å². The maximum absolute atomic E-state index is 14.8. The molecule has 3 rings (SSSR count). The fraction of sp³-hybridized carbons (Fsp3) is 0.550. The quantitative estimate of drug-likeness (QED) is 0.526. The van der Waals surface area contributed by atoms with Crippen LogP contribution in [0.25, 0.3) is 0 Å². The van der Waals surface area contributed by atoms with Crippen molar-refractivity contribution in [2.75, 3.05) is 49.1 Å². The number of cyclic esters (lactones) is 1. The fourth-order valence-electron chi connectivity index (χ4n) is 3.59. The molecular weight excluding hydrogens is 427 g/mol. The maximum atomic E-state index is 14.8. The first-order valence-corrected chi connectivity index (χ1v) is 10.5. The van der Waals surface area contributed by atoms with E-state index in [-0.39, 0.29) is 25.1 Å². The summed E-state index contributed by atoms with van der Waals surface area (Å²) in [5.41, 5.74) is 0.807. The fourth-order valence-corrected chi connectivity index (χ4v) is 3.88. The van der Waals surface area contributed by atoms with Crippen molar-refractivity contribution in [3.8, 4) is 0 Å². The standard InChI is InChI=1S/C20H27FN4O5S/c1-13(2)25(20(28)31)29-12-16-11-24(19(27)30-16)15-4-5-18(17(21)10-15)23-8-6-22(7-9-23)14(3)26/h4-5,10,13,16H,6-9,11-12H2,1-3H3,(H,28,31)/t16-/m0/s1. The number of hydroxylamine groups is 2. The van der Waals surface area contributed by atoms with E-state index in [0.717, 1.165) is 5.06 Å². The van der Waals surface area contributed by atoms with Gasteiger partial charge in [0.2, 0.25) is 5.91 Å². The third kappa shape index (κ3) is 5.40. The molecule has 0 unspecified atom stereocenters. The topological polar surface area (TPSA) is 82.6 Å². The van der Waals surface area contributed by atoms with Gasteiger partial charge in [-0.2, -0.15) is 0 Å². The van der Waals surface area contributed by atoms with Gasteiger partial charge in [-0.3, -0.25) is 19.3 Å². The second-order valence-electron chi connectivity index (χ2n) is 7.74. The molecule has 0 radical (unpaired) electrons. The van der Waals surface area contributed by atoms with Gasteiger partial charge in [0.1, 0.15) is 18.5 Å². The molecule has 3 amide bonds. The van der Waals surface area contributed by atoms with E-state index in [2.05, 4.69) is 12.6 Å². The van der Waals surface area contributed by atoms with Gasteiger partial charge in [-0.25, -0.2) is 14.2 Å². The van der Waals surface area contributed by atoms with Gasteiger partial charge in [0, 0.05) is 33.1 Å². The number of thiol groups is 1. The minimum absolute atomic E-state index is 0.0109. The summed E-state index contributed by atoms with van der Waals surface area (Å²) in [7, 11) is 0. The van der Waals surface area contributed by atoms with Crippen molar-refractivity contribution in [3.05, 3.63) is 24.0 Å². The van der Waals surface area contributed by atoms with Crippen LogP contribution in [0.4, 0.5) is 25.4 Å². The first kappa shape index (κ1) is 23.1. The summed E-state index contributed by atoms with van der Waals surface area (Å²) in [6, 6.07) is 4.37. The van der Waals surface area contributed by atoms with Crippen LogP contribution in [0, 0.1) is 5.82 Å². The van der Waals surface area contributed by atoms with E-state index in [9.17, 15) is 18.8 Å². The smallest absolute Gasteiger partial charge is 0.414 e. The third-order valence-corrected chi connectivity index (χ3v) is 5.44. The summed E-state index contributed by atoms with van der Waals surface area (Å²) in [5, 5.41) is 0.554. The Balaban J connectivity index is 1.61. The molecule has 2 saturated heterocycles. The number of ether oxygens (including phenoxy) is 1. The van der Waals surface area contributed by atoms with E-state index in [0.29, 0.717) is 37.6 Å². The van der Waals surface area contributed by atoms with Gasteiger partial charge in [0.05, 0.1) is 24.0 Å². The molecule has 0 aliphatic carbocycles. The maximum Gasteiger partial charge on any atom is 0.414 e. The molecule has 1 aromatic carbocycles. The number of benzene rings is 1. The van der Waals surface area contributed by atoms with Gasteiger partial charge in [-0.15, -0.1) is 0 Å². The molecule has 0 saturated carbocycles. The third-order valence-electron chi connectivity index (χ3n) is 5.24. The highest BCUT2D eigenvalue weighted by Crippen LogP contribution is 2.28. The van der Waals surface area contributed by atoms with Crippen LogP contribution in [-0.4, -0.2) is 78.7 Å². The number of carbonyl (C=O) groups is 3. The lowest BCUT2D eigenvalue weighted by Crippen LogP contribution is -2.48. The number of halogens is 1. The Labute approximate surface area is 186 Å². The molecule has 2 aliphatic rings. The lowest BCUT2D eigenvalue weighted by molar-refractivity contribution is -0.146. The Morgan fingerprint density at radius 2 is 1.97 bits per heavy atom. The predicted molar refractivity (Wildman–Crippen MR) is 116 cm³/mol. The summed E-state index contributed by atoms with van der Waals surface area (Å²) >= 11 is 3.76. The molecule has 2 heterocycles. The number of nitrogens with zero attached hydrogens (tertiary/aromatic N) is 4. The predicted octanol–water partition coefficient (Wildman–Crippen LogP) is 2.51. The van der Waals surface area contributed by atoms with Crippen molar-refractivity contribution in [1.82, 2.24) is 9.96 Å². The van der Waals surface area contributed by atoms with Gasteiger partial charge in [0.15, 0.2) is 0 Å². The largest absolute Gasteiger partial charge is 0.441 e. The lowest BCUT2D eigenvalue weighted by atomic mass is 10.2. The van der Waals surface area contributed by atoms with Crippen LogP contribution in [0.5, 0.6) is 0 Å². The van der Waals surface area contributed by atoms with Crippen LogP contribution >= 0.6 is 12.6 Å². The minimum Gasteiger partial charge on any atom is -0.441 e. The SMILES string of the molecule is CC(=O)N1CCN(c2ccc(N3C[C@@H](CON(C(=O)S)C(C)C)OC3=O)cc2F)CC1. The molecule has 2 aliphatic heterocycles. The first-order valence-electron chi connectivity index (χ1n) is 10.1. The second kappa shape index (κ2) is 9.73. The molecule has 0 bridgehead atoms. The zero-order valence-corrected chi connectivity index (χ0v) is 18.7. The first-order chi connectivity index (χ1) is 14.7. The minimum atomic E-state index is -0.608. The summed E-state index contributed by atoms with van der Waals surface area (Å²) in [6.07, 6.45) is -1.21. The molecule has 170 valence electrons. The van der Waals surface area contributed by atoms with E-state index in [1.54, 1.807) is 30.9 Å². The van der Waals surface area contributed by atoms with E-state index in [1.807, 2.05) is 4.90 Å². The number of rotatable bonds is 6. The van der Waals surface area contributed by atoms with E-state index < -0.39 is 23.3 Å². The molecule has 1 aromatic rings. The van der Waals surface area contributed by atoms with E-state index in [1.165, 1.54) is 17.9 Å². The molecule has 0 aromatic heterocycles. The second-order valence-corrected chi connectivity index (χ2v) is 8.13. The van der Waals surface area contributed by atoms with Crippen LogP contribution in [0.3, 0.4) is 0 Å². The Morgan fingerprint density at radius 1 is 1.29 bits per heavy atom. The summed E-state index contributed by atoms with van der Waals surface area (Å²) < 4.78 is 20.1. The number of carbonyl (C=O) groups excluding carboxylic acids is 3. The van der Waals surface area contributed by atoms with Crippen molar-refractivity contribution in [3.63, 3.8) is 0 Å². The monoisotopic (exact) mass is 454 g/mol. The molecule has 2 fully saturated rings. The zero-order chi connectivity index (χ0) is 22.7. The lowest BCUT2D eigenvalue weighted by Gasteiger charge is -2.35. The van der Waals surface area contributed by atoms with E-state index in [4.69, 9.17) is 9.57 Å². The van der Waals surface area contributed by atoms with Crippen molar-refractivity contribution in [2.24, 2.45) is 0 Å². The van der Waals surface area contributed by atoms with Gasteiger partial charge in [-0.05, 0) is 32.0 Å². The number of piperazine rings is 1. The molecule has 1 atom stereocenters. The highest BCUT2D eigenvalue weighted by atomic mass is 32.1. The Bertz CT molecular complexity index is 847. The molecule has 9 nitrogen and oxygen atoms in total. The van der Waals surface area contributed by atoms with Gasteiger partial charge < -0.3 is 14.5 Å². The number of hydrogen-bond acceptors (Lipinski definition) is 6. The van der Waals surface area contributed by atoms with Crippen LogP contribution in [-0.2, 0) is 14.4 Å². The van der Waals surface area contributed by atoms with Crippen LogP contribution < -0.4 is 9.80 Å². The highest BCUT2D eigenvalue weighted by molar-refractivity contribution is 7.96. The molecular formula is C20H27FN4O5S. The highest BCUT2D eigenvalue weighted by Gasteiger charge is 2.34. The van der Waals surface area contributed by atoms with Crippen molar-refractivity contribution in [1.29, 1.82) is 0 Å². The zero-order valence-electron chi connectivity index (χ0n) is 17.8. The normalized spacial score (nSPS) is 19.1. The van der Waals surface area contributed by atoms with Gasteiger partial charge >= 0.3 is 11.3 Å². The Kier molecular flexibility index (Phi) is 7.26. The van der Waals surface area contributed by atoms with Crippen LogP contribution in [0.1, 0.15) is 20.8 Å². The van der Waals surface area contributed by atoms with Gasteiger partial charge in [0.25, 0.3) is 0 Å². The number of anilines is 2. The van der Waals surface area contributed by atoms with Crippen LogP contribution in [0.15, 0.2) is 18.2 Å². The van der Waals surface area contributed by atoms with E-state index >= 15 is 0 Å². The molecule has 31 heavy (non-hydrogen) atoms. The van der Waals surface area contributed by atoms with Crippen LogP contribution in [0.2, 0.25) is 0 Å². The molecule has 11 heteroatoms. The summed E-state index contributed by atoms with van der Waals surface area (Å²) in [6.45, 7) is 7.37. The van der Waals surface area contributed by atoms with Crippen molar-refractivity contribution in [2.45, 2.75) is 32.9 Å². The molecule has 0 N–H and O–H groups in total.